The molecule has 0 N–H and O–H groups in total. The smallest absolute Gasteiger partial charge is 0.0890 e. The van der Waals surface area contributed by atoms with Gasteiger partial charge in [0.05, 0.1) is 60.6 Å². The van der Waals surface area contributed by atoms with Crippen molar-refractivity contribution in [2.75, 3.05) is 13.2 Å². The van der Waals surface area contributed by atoms with Gasteiger partial charge in [-0.1, -0.05) is 72.8 Å². The average Bonchev–Trinajstić information content (AvgIpc) is 3.12. The Morgan fingerprint density at radius 3 is 1.15 bits per heavy atom. The zero-order chi connectivity index (χ0) is 32.5. The van der Waals surface area contributed by atoms with Crippen molar-refractivity contribution in [2.45, 2.75) is 38.9 Å². The highest BCUT2D eigenvalue weighted by Gasteiger charge is 2.49. The van der Waals surface area contributed by atoms with E-state index in [0.717, 1.165) is 45.6 Å². The van der Waals surface area contributed by atoms with Gasteiger partial charge in [-0.3, -0.25) is 9.97 Å². The number of nitrogens with zero attached hydrogens (tertiary/aromatic N) is 4. The number of aromatic nitrogens is 4. The molecule has 0 fully saturated rings. The second kappa shape index (κ2) is 13.2. The van der Waals surface area contributed by atoms with Crippen LogP contribution in [0.25, 0.3) is 22.8 Å². The lowest BCUT2D eigenvalue weighted by atomic mass is 9.54. The highest BCUT2D eigenvalue weighted by atomic mass is 16.5. The molecule has 6 nitrogen and oxygen atoms in total. The molecule has 4 aromatic heterocycles. The van der Waals surface area contributed by atoms with E-state index in [4.69, 9.17) is 19.4 Å². The lowest BCUT2D eigenvalue weighted by Crippen LogP contribution is -2.44. The van der Waals surface area contributed by atoms with Crippen molar-refractivity contribution >= 4 is 0 Å². The number of rotatable bonds is 10. The maximum Gasteiger partial charge on any atom is 0.0890 e. The van der Waals surface area contributed by atoms with E-state index in [1.807, 2.05) is 86.6 Å². The van der Waals surface area contributed by atoms with Crippen molar-refractivity contribution in [1.29, 1.82) is 0 Å². The zero-order valence-electron chi connectivity index (χ0n) is 27.3. The van der Waals surface area contributed by atoms with E-state index in [-0.39, 0.29) is 23.7 Å². The van der Waals surface area contributed by atoms with Crippen LogP contribution in [0.5, 0.6) is 0 Å². The SMILES string of the molecule is Cc1cccc(-c2cccc(COC[C@@H]3C4c5ccccc5C(c5ccccc54)[C@H]3COCc3cccc(-c4cccc(C)n4)n3)n2)n1. The Hall–Kier alpha value is -5.04. The summed E-state index contributed by atoms with van der Waals surface area (Å²) in [5, 5.41) is 0. The molecule has 3 aliphatic rings. The summed E-state index contributed by atoms with van der Waals surface area (Å²) in [4.78, 5) is 19.1. The first kappa shape index (κ1) is 30.3. The van der Waals surface area contributed by atoms with Gasteiger partial charge in [0.2, 0.25) is 0 Å². The Balaban J connectivity index is 1.04. The minimum atomic E-state index is 0.237. The van der Waals surface area contributed by atoms with Gasteiger partial charge in [0, 0.05) is 23.2 Å². The summed E-state index contributed by atoms with van der Waals surface area (Å²) in [5.41, 5.74) is 12.9. The summed E-state index contributed by atoms with van der Waals surface area (Å²) in [6.07, 6.45) is 0. The van der Waals surface area contributed by atoms with Gasteiger partial charge in [0.1, 0.15) is 0 Å². The van der Waals surface area contributed by atoms with Crippen LogP contribution in [-0.2, 0) is 22.7 Å². The molecular weight excluding hydrogens is 592 g/mol. The molecule has 2 aromatic carbocycles. The van der Waals surface area contributed by atoms with Gasteiger partial charge < -0.3 is 9.47 Å². The molecule has 48 heavy (non-hydrogen) atoms. The third-order valence-corrected chi connectivity index (χ3v) is 9.77. The second-order valence-corrected chi connectivity index (χ2v) is 12.9. The van der Waals surface area contributed by atoms with Crippen molar-refractivity contribution < 1.29 is 9.47 Å². The molecule has 0 radical (unpaired) electrons. The van der Waals surface area contributed by atoms with E-state index < -0.39 is 0 Å². The number of pyridine rings is 4. The molecule has 0 aliphatic heterocycles. The van der Waals surface area contributed by atoms with Gasteiger partial charge in [0.25, 0.3) is 0 Å². The molecule has 6 heteroatoms. The first-order valence-corrected chi connectivity index (χ1v) is 16.8. The maximum atomic E-state index is 6.57. The van der Waals surface area contributed by atoms with Crippen molar-refractivity contribution in [3.63, 3.8) is 0 Å². The van der Waals surface area contributed by atoms with E-state index >= 15 is 0 Å². The summed E-state index contributed by atoms with van der Waals surface area (Å²) in [6, 6.07) is 42.1. The van der Waals surface area contributed by atoms with Crippen LogP contribution in [0.3, 0.4) is 0 Å². The van der Waals surface area contributed by atoms with Gasteiger partial charge >= 0.3 is 0 Å². The average molecular weight is 631 g/mol. The number of hydrogen-bond acceptors (Lipinski definition) is 6. The minimum absolute atomic E-state index is 0.237. The molecular formula is C42H38N4O2. The molecule has 9 rings (SSSR count). The highest BCUT2D eigenvalue weighted by Crippen LogP contribution is 2.58. The third kappa shape index (κ3) is 5.94. The van der Waals surface area contributed by atoms with E-state index in [0.29, 0.717) is 26.4 Å². The Labute approximate surface area is 281 Å². The van der Waals surface area contributed by atoms with E-state index in [1.165, 1.54) is 22.3 Å². The standard InChI is InChI=1S/C42H38N4O2/c1-27-11-7-19-37(43-27)39-21-9-13-29(45-39)23-47-25-35-36(26-48-24-30-14-10-22-40(46-30)38-20-8-12-28(2)44-38)42-33-17-5-3-15-31(33)41(35)32-16-4-6-18-34(32)42/h3-22,35-36,41-42H,23-26H2,1-2H3/t35-,36-,41?,42?/m0/s1. The van der Waals surface area contributed by atoms with Gasteiger partial charge in [0.15, 0.2) is 0 Å². The Bertz CT molecular complexity index is 1880. The minimum Gasteiger partial charge on any atom is -0.375 e. The fraction of sp³-hybridized carbons (Fsp3) is 0.238. The van der Waals surface area contributed by atoms with Crippen molar-refractivity contribution in [2.24, 2.45) is 11.8 Å². The maximum absolute atomic E-state index is 6.57. The summed E-state index contributed by atoms with van der Waals surface area (Å²) in [5.74, 6) is 0.968. The summed E-state index contributed by atoms with van der Waals surface area (Å²) >= 11 is 0. The molecule has 0 saturated heterocycles. The molecule has 0 amide bonds. The van der Waals surface area contributed by atoms with Crippen LogP contribution < -0.4 is 0 Å². The molecule has 2 atom stereocenters. The Kier molecular flexibility index (Phi) is 8.35. The molecule has 238 valence electrons. The number of aryl methyl sites for hydroxylation is 2. The van der Waals surface area contributed by atoms with Crippen molar-refractivity contribution in [3.05, 3.63) is 166 Å². The first-order valence-electron chi connectivity index (χ1n) is 16.8. The van der Waals surface area contributed by atoms with Gasteiger partial charge in [-0.2, -0.15) is 0 Å². The monoisotopic (exact) mass is 630 g/mol. The number of fused-ring (bicyclic) bond motifs is 1. The highest BCUT2D eigenvalue weighted by molar-refractivity contribution is 5.57. The van der Waals surface area contributed by atoms with Crippen LogP contribution in [0.15, 0.2) is 121 Å². The quantitative estimate of drug-likeness (QED) is 0.151. The van der Waals surface area contributed by atoms with E-state index in [2.05, 4.69) is 58.5 Å². The number of hydrogen-bond donors (Lipinski definition) is 0. The fourth-order valence-electron chi connectivity index (χ4n) is 7.72. The molecule has 0 spiro atoms. The Morgan fingerprint density at radius 2 is 0.771 bits per heavy atom. The largest absolute Gasteiger partial charge is 0.375 e. The van der Waals surface area contributed by atoms with Crippen LogP contribution >= 0.6 is 0 Å². The Morgan fingerprint density at radius 1 is 0.417 bits per heavy atom. The molecule has 4 heterocycles. The summed E-state index contributed by atoms with van der Waals surface area (Å²) < 4.78 is 13.1. The molecule has 0 saturated carbocycles. The van der Waals surface area contributed by atoms with Crippen LogP contribution in [0.4, 0.5) is 0 Å². The molecule has 6 aromatic rings. The van der Waals surface area contributed by atoms with Crippen LogP contribution in [0.1, 0.15) is 56.9 Å². The molecule has 0 unspecified atom stereocenters. The van der Waals surface area contributed by atoms with Gasteiger partial charge in [-0.05, 0) is 96.5 Å². The first-order chi connectivity index (χ1) is 23.6. The second-order valence-electron chi connectivity index (χ2n) is 12.9. The van der Waals surface area contributed by atoms with Crippen LogP contribution in [0.2, 0.25) is 0 Å². The predicted molar refractivity (Wildman–Crippen MR) is 187 cm³/mol. The van der Waals surface area contributed by atoms with Crippen LogP contribution in [0, 0.1) is 25.7 Å². The lowest BCUT2D eigenvalue weighted by Gasteiger charge is -2.50. The van der Waals surface area contributed by atoms with E-state index in [9.17, 15) is 0 Å². The van der Waals surface area contributed by atoms with Crippen molar-refractivity contribution in [3.8, 4) is 22.8 Å². The van der Waals surface area contributed by atoms with E-state index in [1.54, 1.807) is 0 Å². The fourth-order valence-corrected chi connectivity index (χ4v) is 7.72. The summed E-state index contributed by atoms with van der Waals surface area (Å²) in [7, 11) is 0. The molecule has 3 aliphatic carbocycles. The number of ether oxygens (including phenoxy) is 2. The third-order valence-electron chi connectivity index (χ3n) is 9.77. The van der Waals surface area contributed by atoms with Gasteiger partial charge in [-0.15, -0.1) is 0 Å². The van der Waals surface area contributed by atoms with Gasteiger partial charge in [-0.25, -0.2) is 9.97 Å². The predicted octanol–water partition coefficient (Wildman–Crippen LogP) is 8.47. The summed E-state index contributed by atoms with van der Waals surface area (Å²) in [6.45, 7) is 6.10. The van der Waals surface area contributed by atoms with Crippen LogP contribution in [-0.4, -0.2) is 33.1 Å². The van der Waals surface area contributed by atoms with Crippen molar-refractivity contribution in [1.82, 2.24) is 19.9 Å². The number of benzene rings is 2. The topological polar surface area (TPSA) is 70.0 Å². The zero-order valence-corrected chi connectivity index (χ0v) is 27.3. The molecule has 2 bridgehead atoms. The lowest BCUT2D eigenvalue weighted by molar-refractivity contribution is -0.000689. The normalized spacial score (nSPS) is 19.1.